The van der Waals surface area contributed by atoms with Gasteiger partial charge in [0.05, 0.1) is 17.0 Å². The molecule has 1 aromatic heterocycles. The van der Waals surface area contributed by atoms with Gasteiger partial charge in [-0.2, -0.15) is 0 Å². The lowest BCUT2D eigenvalue weighted by Crippen LogP contribution is -2.24. The highest BCUT2D eigenvalue weighted by molar-refractivity contribution is 7.11. The summed E-state index contributed by atoms with van der Waals surface area (Å²) >= 11 is 1.52. The fourth-order valence-corrected chi connectivity index (χ4v) is 2.56. The van der Waals surface area contributed by atoms with Crippen molar-refractivity contribution in [2.24, 2.45) is 0 Å². The first-order valence-electron chi connectivity index (χ1n) is 6.27. The summed E-state index contributed by atoms with van der Waals surface area (Å²) < 4.78 is 0. The molecule has 0 spiro atoms. The van der Waals surface area contributed by atoms with Gasteiger partial charge in [0.1, 0.15) is 10.7 Å². The molecule has 0 aliphatic carbocycles. The number of aromatic nitrogens is 1. The Labute approximate surface area is 125 Å². The second-order valence-corrected chi connectivity index (χ2v) is 5.45. The SMILES string of the molecule is CCc1cnc(CNC(=O)c2cccc([N+](=O)[O-])c2N)s1. The molecule has 0 bridgehead atoms. The van der Waals surface area contributed by atoms with Crippen LogP contribution in [0.3, 0.4) is 0 Å². The van der Waals surface area contributed by atoms with Gasteiger partial charge in [0.25, 0.3) is 11.6 Å². The van der Waals surface area contributed by atoms with E-state index in [0.29, 0.717) is 0 Å². The lowest BCUT2D eigenvalue weighted by Gasteiger charge is -2.06. The number of nitro benzene ring substituents is 1. The van der Waals surface area contributed by atoms with Gasteiger partial charge in [0.2, 0.25) is 0 Å². The zero-order valence-electron chi connectivity index (χ0n) is 11.3. The minimum absolute atomic E-state index is 0.0940. The minimum Gasteiger partial charge on any atom is -0.393 e. The Morgan fingerprint density at radius 3 is 2.90 bits per heavy atom. The van der Waals surface area contributed by atoms with E-state index in [-0.39, 0.29) is 23.5 Å². The number of hydrogen-bond donors (Lipinski definition) is 2. The van der Waals surface area contributed by atoms with Gasteiger partial charge in [-0.05, 0) is 12.5 Å². The van der Waals surface area contributed by atoms with Gasteiger partial charge in [-0.1, -0.05) is 13.0 Å². The number of nitrogens with zero attached hydrogens (tertiary/aromatic N) is 2. The predicted octanol–water partition coefficient (Wildman–Crippen LogP) is 2.13. The molecule has 0 aliphatic rings. The number of nitrogens with one attached hydrogen (secondary N) is 1. The van der Waals surface area contributed by atoms with E-state index >= 15 is 0 Å². The third-order valence-corrected chi connectivity index (χ3v) is 4.02. The number of para-hydroxylation sites is 1. The summed E-state index contributed by atoms with van der Waals surface area (Å²) in [7, 11) is 0. The number of carbonyl (C=O) groups excluding carboxylic acids is 1. The summed E-state index contributed by atoms with van der Waals surface area (Å²) in [6, 6.07) is 4.15. The van der Waals surface area contributed by atoms with Crippen LogP contribution in [0.2, 0.25) is 0 Å². The molecule has 8 heteroatoms. The van der Waals surface area contributed by atoms with E-state index in [9.17, 15) is 14.9 Å². The highest BCUT2D eigenvalue weighted by Crippen LogP contribution is 2.24. The molecule has 3 N–H and O–H groups in total. The van der Waals surface area contributed by atoms with Crippen molar-refractivity contribution in [1.82, 2.24) is 10.3 Å². The first kappa shape index (κ1) is 14.9. The number of rotatable bonds is 5. The van der Waals surface area contributed by atoms with Crippen molar-refractivity contribution >= 4 is 28.6 Å². The predicted molar refractivity (Wildman–Crippen MR) is 80.2 cm³/mol. The largest absolute Gasteiger partial charge is 0.393 e. The number of anilines is 1. The van der Waals surface area contributed by atoms with Crippen LogP contribution in [0.4, 0.5) is 11.4 Å². The zero-order valence-corrected chi connectivity index (χ0v) is 12.1. The van der Waals surface area contributed by atoms with Gasteiger partial charge in [0.15, 0.2) is 0 Å². The second kappa shape index (κ2) is 6.31. The monoisotopic (exact) mass is 306 g/mol. The molecule has 2 aromatic rings. The zero-order chi connectivity index (χ0) is 15.4. The molecule has 0 saturated carbocycles. The van der Waals surface area contributed by atoms with Crippen molar-refractivity contribution in [2.45, 2.75) is 19.9 Å². The van der Waals surface area contributed by atoms with E-state index in [1.165, 1.54) is 29.5 Å². The lowest BCUT2D eigenvalue weighted by atomic mass is 10.1. The van der Waals surface area contributed by atoms with Gasteiger partial charge in [-0.3, -0.25) is 14.9 Å². The molecule has 21 heavy (non-hydrogen) atoms. The van der Waals surface area contributed by atoms with Crippen LogP contribution < -0.4 is 11.1 Å². The van der Waals surface area contributed by atoms with Crippen LogP contribution >= 0.6 is 11.3 Å². The Hall–Kier alpha value is -2.48. The third kappa shape index (κ3) is 3.34. The Bertz CT molecular complexity index is 684. The first-order valence-corrected chi connectivity index (χ1v) is 7.09. The van der Waals surface area contributed by atoms with Gasteiger partial charge < -0.3 is 11.1 Å². The number of nitrogens with two attached hydrogens (primary N) is 1. The second-order valence-electron chi connectivity index (χ2n) is 4.25. The van der Waals surface area contributed by atoms with Crippen molar-refractivity contribution in [2.75, 3.05) is 5.73 Å². The number of nitro groups is 1. The van der Waals surface area contributed by atoms with E-state index < -0.39 is 10.8 Å². The van der Waals surface area contributed by atoms with E-state index in [2.05, 4.69) is 10.3 Å². The molecule has 110 valence electrons. The summed E-state index contributed by atoms with van der Waals surface area (Å²) in [5.74, 6) is -0.454. The number of hydrogen-bond acceptors (Lipinski definition) is 6. The van der Waals surface area contributed by atoms with Crippen molar-refractivity contribution in [3.8, 4) is 0 Å². The highest BCUT2D eigenvalue weighted by atomic mass is 32.1. The van der Waals surface area contributed by atoms with Crippen molar-refractivity contribution in [3.05, 3.63) is 50.0 Å². The van der Waals surface area contributed by atoms with E-state index in [1.807, 2.05) is 6.92 Å². The molecular weight excluding hydrogens is 292 g/mol. The molecule has 1 amide bonds. The smallest absolute Gasteiger partial charge is 0.292 e. The molecule has 1 heterocycles. The topological polar surface area (TPSA) is 111 Å². The number of thiazole rings is 1. The number of amides is 1. The van der Waals surface area contributed by atoms with Gasteiger partial charge in [-0.15, -0.1) is 11.3 Å². The van der Waals surface area contributed by atoms with Crippen LogP contribution in [0, 0.1) is 10.1 Å². The molecule has 0 fully saturated rings. The number of carbonyl (C=O) groups is 1. The summed E-state index contributed by atoms with van der Waals surface area (Å²) in [5.41, 5.74) is 5.35. The number of benzene rings is 1. The average molecular weight is 306 g/mol. The number of aryl methyl sites for hydroxylation is 1. The van der Waals surface area contributed by atoms with E-state index in [1.54, 1.807) is 6.20 Å². The van der Waals surface area contributed by atoms with Crippen LogP contribution in [-0.4, -0.2) is 15.8 Å². The molecule has 0 radical (unpaired) electrons. The minimum atomic E-state index is -0.611. The maximum Gasteiger partial charge on any atom is 0.292 e. The molecule has 0 aliphatic heterocycles. The Morgan fingerprint density at radius 1 is 1.52 bits per heavy atom. The van der Waals surface area contributed by atoms with Crippen LogP contribution in [0.25, 0.3) is 0 Å². The average Bonchev–Trinajstić information content (AvgIpc) is 2.92. The third-order valence-electron chi connectivity index (χ3n) is 2.87. The van der Waals surface area contributed by atoms with Crippen LogP contribution in [-0.2, 0) is 13.0 Å². The fourth-order valence-electron chi connectivity index (χ4n) is 1.75. The summed E-state index contributed by atoms with van der Waals surface area (Å²) in [6.45, 7) is 2.30. The summed E-state index contributed by atoms with van der Waals surface area (Å²) in [6.07, 6.45) is 2.66. The first-order chi connectivity index (χ1) is 10.0. The number of nitrogen functional groups attached to an aromatic ring is 1. The van der Waals surface area contributed by atoms with Gasteiger partial charge >= 0.3 is 0 Å². The molecule has 0 atom stereocenters. The molecule has 0 saturated heterocycles. The van der Waals surface area contributed by atoms with Crippen molar-refractivity contribution < 1.29 is 9.72 Å². The normalized spacial score (nSPS) is 10.3. The van der Waals surface area contributed by atoms with Crippen molar-refractivity contribution in [3.63, 3.8) is 0 Å². The van der Waals surface area contributed by atoms with E-state index in [0.717, 1.165) is 16.3 Å². The van der Waals surface area contributed by atoms with Crippen LogP contribution in [0.5, 0.6) is 0 Å². The Morgan fingerprint density at radius 2 is 2.29 bits per heavy atom. The maximum atomic E-state index is 12.1. The summed E-state index contributed by atoms with van der Waals surface area (Å²) in [4.78, 5) is 27.6. The molecular formula is C13H14N4O3S. The molecule has 7 nitrogen and oxygen atoms in total. The summed E-state index contributed by atoms with van der Waals surface area (Å²) in [5, 5.41) is 14.2. The molecule has 0 unspecified atom stereocenters. The van der Waals surface area contributed by atoms with Crippen LogP contribution in [0.15, 0.2) is 24.4 Å². The fraction of sp³-hybridized carbons (Fsp3) is 0.231. The standard InChI is InChI=1S/C13H14N4O3S/c1-2-8-6-15-11(21-8)7-16-13(18)9-4-3-5-10(12(9)14)17(19)20/h3-6H,2,7,14H2,1H3,(H,16,18). The Kier molecular flexibility index (Phi) is 4.49. The quantitative estimate of drug-likeness (QED) is 0.499. The van der Waals surface area contributed by atoms with Crippen molar-refractivity contribution in [1.29, 1.82) is 0 Å². The molecule has 1 aromatic carbocycles. The maximum absolute atomic E-state index is 12.1. The lowest BCUT2D eigenvalue weighted by molar-refractivity contribution is -0.383. The van der Waals surface area contributed by atoms with Crippen LogP contribution in [0.1, 0.15) is 27.2 Å². The van der Waals surface area contributed by atoms with Gasteiger partial charge in [0, 0.05) is 17.1 Å². The molecule has 2 rings (SSSR count). The Balaban J connectivity index is 2.10. The van der Waals surface area contributed by atoms with Gasteiger partial charge in [-0.25, -0.2) is 4.98 Å². The van der Waals surface area contributed by atoms with E-state index in [4.69, 9.17) is 5.73 Å². The highest BCUT2D eigenvalue weighted by Gasteiger charge is 2.18.